The summed E-state index contributed by atoms with van der Waals surface area (Å²) >= 11 is 0. The van der Waals surface area contributed by atoms with Crippen molar-refractivity contribution in [3.63, 3.8) is 0 Å². The van der Waals surface area contributed by atoms with E-state index in [-0.39, 0.29) is 5.60 Å². The van der Waals surface area contributed by atoms with Crippen LogP contribution < -0.4 is 5.32 Å². The van der Waals surface area contributed by atoms with Crippen molar-refractivity contribution in [1.82, 2.24) is 5.32 Å². The van der Waals surface area contributed by atoms with Gasteiger partial charge < -0.3 is 15.2 Å². The van der Waals surface area contributed by atoms with Gasteiger partial charge in [0.1, 0.15) is 0 Å². The van der Waals surface area contributed by atoms with Gasteiger partial charge in [-0.3, -0.25) is 0 Å². The molecule has 100 valence electrons. The molecule has 0 aromatic carbocycles. The van der Waals surface area contributed by atoms with Crippen LogP contribution in [0.25, 0.3) is 0 Å². The lowest BCUT2D eigenvalue weighted by Crippen LogP contribution is -2.42. The van der Waals surface area contributed by atoms with Crippen molar-refractivity contribution in [3.05, 3.63) is 0 Å². The molecule has 1 saturated carbocycles. The molecule has 2 rings (SSSR count). The molecule has 1 saturated heterocycles. The topological polar surface area (TPSA) is 41.5 Å². The molecule has 0 aromatic rings. The highest BCUT2D eigenvalue weighted by Gasteiger charge is 2.35. The molecule has 2 N–H and O–H groups in total. The van der Waals surface area contributed by atoms with Crippen LogP contribution in [0.3, 0.4) is 0 Å². The second-order valence-electron chi connectivity index (χ2n) is 5.82. The van der Waals surface area contributed by atoms with Gasteiger partial charge in [0.05, 0.1) is 5.60 Å². The third kappa shape index (κ3) is 3.94. The molecule has 0 atom stereocenters. The van der Waals surface area contributed by atoms with Crippen LogP contribution in [0.15, 0.2) is 0 Å². The van der Waals surface area contributed by atoms with E-state index in [0.29, 0.717) is 12.0 Å². The first-order chi connectivity index (χ1) is 8.22. The van der Waals surface area contributed by atoms with Crippen molar-refractivity contribution < 1.29 is 9.84 Å². The molecular weight excluding hydrogens is 214 g/mol. The quantitative estimate of drug-likeness (QED) is 0.792. The van der Waals surface area contributed by atoms with Crippen LogP contribution >= 0.6 is 0 Å². The van der Waals surface area contributed by atoms with Crippen molar-refractivity contribution in [3.8, 4) is 0 Å². The monoisotopic (exact) mass is 241 g/mol. The minimum atomic E-state index is -0.381. The Morgan fingerprint density at radius 3 is 2.41 bits per heavy atom. The van der Waals surface area contributed by atoms with Gasteiger partial charge in [-0.25, -0.2) is 0 Å². The van der Waals surface area contributed by atoms with Crippen LogP contribution in [0, 0.1) is 5.92 Å². The number of hydrogen-bond donors (Lipinski definition) is 2. The maximum atomic E-state index is 10.6. The van der Waals surface area contributed by atoms with Crippen molar-refractivity contribution in [2.75, 3.05) is 19.8 Å². The Balaban J connectivity index is 1.76. The van der Waals surface area contributed by atoms with Crippen LogP contribution in [0.2, 0.25) is 0 Å². The van der Waals surface area contributed by atoms with Crippen LogP contribution in [0.1, 0.15) is 51.9 Å². The Bertz CT molecular complexity index is 218. The van der Waals surface area contributed by atoms with Crippen LogP contribution in [-0.4, -0.2) is 36.5 Å². The first-order valence-corrected chi connectivity index (χ1v) is 7.25. The summed E-state index contributed by atoms with van der Waals surface area (Å²) in [7, 11) is 0. The Labute approximate surface area is 105 Å². The van der Waals surface area contributed by atoms with E-state index in [2.05, 4.69) is 12.2 Å². The van der Waals surface area contributed by atoms with E-state index in [9.17, 15) is 5.11 Å². The Hall–Kier alpha value is -0.120. The van der Waals surface area contributed by atoms with Gasteiger partial charge in [0.2, 0.25) is 0 Å². The fourth-order valence-electron chi connectivity index (χ4n) is 3.34. The molecule has 1 heterocycles. The average molecular weight is 241 g/mol. The largest absolute Gasteiger partial charge is 0.390 e. The predicted octanol–water partition coefficient (Wildman–Crippen LogP) is 2.09. The minimum Gasteiger partial charge on any atom is -0.390 e. The van der Waals surface area contributed by atoms with Gasteiger partial charge in [-0.2, -0.15) is 0 Å². The number of hydrogen-bond acceptors (Lipinski definition) is 3. The molecule has 1 aliphatic carbocycles. The first kappa shape index (κ1) is 13.3. The summed E-state index contributed by atoms with van der Waals surface area (Å²) < 4.78 is 5.38. The molecule has 0 unspecified atom stereocenters. The normalized spacial score (nSPS) is 36.0. The molecule has 0 spiro atoms. The van der Waals surface area contributed by atoms with Gasteiger partial charge in [0.15, 0.2) is 0 Å². The van der Waals surface area contributed by atoms with E-state index in [1.807, 2.05) is 0 Å². The standard InChI is InChI=1S/C14H27NO2/c1-2-15-13-3-7-14(16,8-4-13)11-12-5-9-17-10-6-12/h12-13,15-16H,2-11H2,1H3. The molecule has 2 fully saturated rings. The van der Waals surface area contributed by atoms with Crippen molar-refractivity contribution in [2.45, 2.75) is 63.5 Å². The zero-order valence-corrected chi connectivity index (χ0v) is 11.1. The summed E-state index contributed by atoms with van der Waals surface area (Å²) in [4.78, 5) is 0. The number of rotatable bonds is 4. The van der Waals surface area contributed by atoms with Gasteiger partial charge in [-0.05, 0) is 57.4 Å². The molecule has 0 aromatic heterocycles. The number of nitrogens with one attached hydrogen (secondary N) is 1. The second kappa shape index (κ2) is 6.17. The molecular formula is C14H27NO2. The van der Waals surface area contributed by atoms with Gasteiger partial charge in [-0.15, -0.1) is 0 Å². The van der Waals surface area contributed by atoms with E-state index >= 15 is 0 Å². The lowest BCUT2D eigenvalue weighted by atomic mass is 9.75. The molecule has 0 amide bonds. The van der Waals surface area contributed by atoms with E-state index in [0.717, 1.165) is 64.7 Å². The minimum absolute atomic E-state index is 0.381. The zero-order chi connectivity index (χ0) is 12.1. The highest BCUT2D eigenvalue weighted by atomic mass is 16.5. The van der Waals surface area contributed by atoms with Crippen LogP contribution in [0.4, 0.5) is 0 Å². The number of ether oxygens (including phenoxy) is 1. The lowest BCUT2D eigenvalue weighted by molar-refractivity contribution is -0.0405. The third-order valence-electron chi connectivity index (χ3n) is 4.42. The SMILES string of the molecule is CCNC1CCC(O)(CC2CCOCC2)CC1. The Kier molecular flexibility index (Phi) is 4.83. The molecule has 0 radical (unpaired) electrons. The van der Waals surface area contributed by atoms with Crippen LogP contribution in [-0.2, 0) is 4.74 Å². The average Bonchev–Trinajstić information content (AvgIpc) is 2.34. The van der Waals surface area contributed by atoms with Crippen molar-refractivity contribution in [2.24, 2.45) is 5.92 Å². The molecule has 1 aliphatic heterocycles. The molecule has 2 aliphatic rings. The smallest absolute Gasteiger partial charge is 0.0651 e. The highest BCUT2D eigenvalue weighted by Crippen LogP contribution is 2.36. The fourth-order valence-corrected chi connectivity index (χ4v) is 3.34. The summed E-state index contributed by atoms with van der Waals surface area (Å²) in [5, 5.41) is 14.1. The summed E-state index contributed by atoms with van der Waals surface area (Å²) in [6, 6.07) is 0.634. The Morgan fingerprint density at radius 2 is 1.82 bits per heavy atom. The van der Waals surface area contributed by atoms with Gasteiger partial charge in [-0.1, -0.05) is 6.92 Å². The first-order valence-electron chi connectivity index (χ1n) is 7.25. The lowest BCUT2D eigenvalue weighted by Gasteiger charge is -2.39. The summed E-state index contributed by atoms with van der Waals surface area (Å²) in [5.74, 6) is 0.685. The third-order valence-corrected chi connectivity index (χ3v) is 4.42. The van der Waals surface area contributed by atoms with Gasteiger partial charge in [0.25, 0.3) is 0 Å². The summed E-state index contributed by atoms with van der Waals surface area (Å²) in [6.45, 7) is 4.98. The molecule has 17 heavy (non-hydrogen) atoms. The Morgan fingerprint density at radius 1 is 1.18 bits per heavy atom. The second-order valence-corrected chi connectivity index (χ2v) is 5.82. The zero-order valence-electron chi connectivity index (χ0n) is 11.1. The van der Waals surface area contributed by atoms with Crippen LogP contribution in [0.5, 0.6) is 0 Å². The summed E-state index contributed by atoms with van der Waals surface area (Å²) in [5.41, 5.74) is -0.381. The predicted molar refractivity (Wildman–Crippen MR) is 69.0 cm³/mol. The van der Waals surface area contributed by atoms with E-state index < -0.39 is 0 Å². The van der Waals surface area contributed by atoms with E-state index in [1.165, 1.54) is 0 Å². The number of aliphatic hydroxyl groups is 1. The van der Waals surface area contributed by atoms with Gasteiger partial charge in [0, 0.05) is 19.3 Å². The molecule has 3 heteroatoms. The fraction of sp³-hybridized carbons (Fsp3) is 1.00. The van der Waals surface area contributed by atoms with E-state index in [1.54, 1.807) is 0 Å². The maximum absolute atomic E-state index is 10.6. The van der Waals surface area contributed by atoms with Crippen molar-refractivity contribution >= 4 is 0 Å². The molecule has 0 bridgehead atoms. The van der Waals surface area contributed by atoms with E-state index in [4.69, 9.17) is 4.74 Å². The highest BCUT2D eigenvalue weighted by molar-refractivity contribution is 4.89. The maximum Gasteiger partial charge on any atom is 0.0651 e. The molecule has 3 nitrogen and oxygen atoms in total. The van der Waals surface area contributed by atoms with Gasteiger partial charge >= 0.3 is 0 Å². The van der Waals surface area contributed by atoms with Crippen molar-refractivity contribution in [1.29, 1.82) is 0 Å². The summed E-state index contributed by atoms with van der Waals surface area (Å²) in [6.07, 6.45) is 7.48.